The van der Waals surface area contributed by atoms with Gasteiger partial charge < -0.3 is 15.1 Å². The quantitative estimate of drug-likeness (QED) is 0.906. The van der Waals surface area contributed by atoms with Gasteiger partial charge in [0.1, 0.15) is 0 Å². The van der Waals surface area contributed by atoms with Crippen molar-refractivity contribution in [2.24, 2.45) is 0 Å². The molecule has 0 bridgehead atoms. The lowest BCUT2D eigenvalue weighted by atomic mass is 9.98. The summed E-state index contributed by atoms with van der Waals surface area (Å²) in [5.41, 5.74) is 4.03. The van der Waals surface area contributed by atoms with Crippen molar-refractivity contribution in [3.05, 3.63) is 34.4 Å². The van der Waals surface area contributed by atoms with Crippen molar-refractivity contribution in [2.45, 2.75) is 47.1 Å². The first-order valence-electron chi connectivity index (χ1n) is 8.72. The SMILES string of the molecule is Cc1cc(C)c(C(=O)N2CCCN(C(=O)NC(C)C)CC2)c(C)c1. The summed E-state index contributed by atoms with van der Waals surface area (Å²) in [5, 5.41) is 2.92. The molecule has 0 saturated carbocycles. The normalized spacial score (nSPS) is 15.4. The van der Waals surface area contributed by atoms with Crippen LogP contribution in [0.4, 0.5) is 4.79 Å². The Kier molecular flexibility index (Phi) is 5.86. The van der Waals surface area contributed by atoms with Gasteiger partial charge in [0, 0.05) is 37.8 Å². The first kappa shape index (κ1) is 18.3. The Morgan fingerprint density at radius 3 is 2.08 bits per heavy atom. The van der Waals surface area contributed by atoms with E-state index in [-0.39, 0.29) is 18.0 Å². The summed E-state index contributed by atoms with van der Waals surface area (Å²) >= 11 is 0. The Hall–Kier alpha value is -2.04. The summed E-state index contributed by atoms with van der Waals surface area (Å²) < 4.78 is 0. The zero-order chi connectivity index (χ0) is 17.9. The molecule has 1 saturated heterocycles. The molecule has 1 aromatic carbocycles. The standard InChI is InChI=1S/C19H29N3O2/c1-13(2)20-19(24)22-8-6-7-21(9-10-22)18(23)17-15(4)11-14(3)12-16(17)5/h11-13H,6-10H2,1-5H3,(H,20,24). The summed E-state index contributed by atoms with van der Waals surface area (Å²) in [7, 11) is 0. The van der Waals surface area contributed by atoms with Crippen molar-refractivity contribution in [2.75, 3.05) is 26.2 Å². The van der Waals surface area contributed by atoms with E-state index >= 15 is 0 Å². The van der Waals surface area contributed by atoms with E-state index in [1.54, 1.807) is 0 Å². The molecule has 0 unspecified atom stereocenters. The van der Waals surface area contributed by atoms with E-state index in [0.29, 0.717) is 26.2 Å². The molecular formula is C19H29N3O2. The van der Waals surface area contributed by atoms with E-state index in [2.05, 4.69) is 17.4 Å². The topological polar surface area (TPSA) is 52.7 Å². The average molecular weight is 331 g/mol. The molecule has 1 fully saturated rings. The number of urea groups is 1. The molecule has 0 aliphatic carbocycles. The van der Waals surface area contributed by atoms with Gasteiger partial charge in [-0.1, -0.05) is 17.7 Å². The Morgan fingerprint density at radius 2 is 1.50 bits per heavy atom. The van der Waals surface area contributed by atoms with Gasteiger partial charge in [0.2, 0.25) is 0 Å². The third kappa shape index (κ3) is 4.28. The van der Waals surface area contributed by atoms with Gasteiger partial charge in [-0.05, 0) is 52.2 Å². The number of benzene rings is 1. The second-order valence-electron chi connectivity index (χ2n) is 7.01. The Labute approximate surface area is 145 Å². The third-order valence-electron chi connectivity index (χ3n) is 4.37. The minimum absolute atomic E-state index is 0.0398. The highest BCUT2D eigenvalue weighted by Gasteiger charge is 2.24. The van der Waals surface area contributed by atoms with Crippen LogP contribution in [0.15, 0.2) is 12.1 Å². The Balaban J connectivity index is 2.09. The molecule has 1 N–H and O–H groups in total. The predicted octanol–water partition coefficient (Wildman–Crippen LogP) is 2.88. The number of amides is 3. The second kappa shape index (κ2) is 7.69. The smallest absolute Gasteiger partial charge is 0.317 e. The molecule has 0 atom stereocenters. The van der Waals surface area contributed by atoms with Gasteiger partial charge in [-0.15, -0.1) is 0 Å². The maximum atomic E-state index is 13.0. The molecule has 2 rings (SSSR count). The van der Waals surface area contributed by atoms with E-state index in [0.717, 1.165) is 23.1 Å². The van der Waals surface area contributed by atoms with Crippen molar-refractivity contribution >= 4 is 11.9 Å². The first-order valence-corrected chi connectivity index (χ1v) is 8.72. The summed E-state index contributed by atoms with van der Waals surface area (Å²) in [5.74, 6) is 0.0797. The molecule has 132 valence electrons. The summed E-state index contributed by atoms with van der Waals surface area (Å²) in [4.78, 5) is 28.8. The van der Waals surface area contributed by atoms with Gasteiger partial charge in [0.05, 0.1) is 0 Å². The highest BCUT2D eigenvalue weighted by molar-refractivity contribution is 5.97. The first-order chi connectivity index (χ1) is 11.3. The van der Waals surface area contributed by atoms with E-state index < -0.39 is 0 Å². The molecule has 1 aliphatic heterocycles. The molecule has 5 heteroatoms. The minimum Gasteiger partial charge on any atom is -0.337 e. The monoisotopic (exact) mass is 331 g/mol. The number of rotatable bonds is 2. The van der Waals surface area contributed by atoms with E-state index in [1.807, 2.05) is 44.4 Å². The van der Waals surface area contributed by atoms with Gasteiger partial charge in [0.25, 0.3) is 5.91 Å². The molecular weight excluding hydrogens is 302 g/mol. The Bertz CT molecular complexity index is 602. The van der Waals surface area contributed by atoms with Crippen LogP contribution in [0.3, 0.4) is 0 Å². The summed E-state index contributed by atoms with van der Waals surface area (Å²) in [6, 6.07) is 4.19. The second-order valence-corrected chi connectivity index (χ2v) is 7.01. The number of aryl methyl sites for hydroxylation is 3. The van der Waals surface area contributed by atoms with E-state index in [9.17, 15) is 9.59 Å². The highest BCUT2D eigenvalue weighted by atomic mass is 16.2. The van der Waals surface area contributed by atoms with Crippen molar-refractivity contribution in [3.63, 3.8) is 0 Å². The zero-order valence-electron chi connectivity index (χ0n) is 15.5. The van der Waals surface area contributed by atoms with Crippen LogP contribution in [0.1, 0.15) is 47.3 Å². The van der Waals surface area contributed by atoms with Gasteiger partial charge in [-0.2, -0.15) is 0 Å². The molecule has 3 amide bonds. The van der Waals surface area contributed by atoms with Crippen molar-refractivity contribution in [1.29, 1.82) is 0 Å². The lowest BCUT2D eigenvalue weighted by Gasteiger charge is -2.24. The average Bonchev–Trinajstić information content (AvgIpc) is 2.71. The molecule has 0 aromatic heterocycles. The molecule has 1 heterocycles. The number of hydrogen-bond donors (Lipinski definition) is 1. The van der Waals surface area contributed by atoms with Gasteiger partial charge >= 0.3 is 6.03 Å². The Morgan fingerprint density at radius 1 is 0.958 bits per heavy atom. The molecule has 1 aliphatic rings. The fraction of sp³-hybridized carbons (Fsp3) is 0.579. The van der Waals surface area contributed by atoms with Crippen LogP contribution in [-0.2, 0) is 0 Å². The highest BCUT2D eigenvalue weighted by Crippen LogP contribution is 2.19. The molecule has 0 radical (unpaired) electrons. The number of carbonyl (C=O) groups is 2. The predicted molar refractivity (Wildman–Crippen MR) is 96.4 cm³/mol. The minimum atomic E-state index is -0.0398. The lowest BCUT2D eigenvalue weighted by Crippen LogP contribution is -2.44. The lowest BCUT2D eigenvalue weighted by molar-refractivity contribution is 0.0760. The number of nitrogens with zero attached hydrogens (tertiary/aromatic N) is 2. The molecule has 24 heavy (non-hydrogen) atoms. The van der Waals surface area contributed by atoms with Crippen LogP contribution in [-0.4, -0.2) is 54.0 Å². The fourth-order valence-corrected chi connectivity index (χ4v) is 3.34. The van der Waals surface area contributed by atoms with Crippen LogP contribution >= 0.6 is 0 Å². The van der Waals surface area contributed by atoms with Gasteiger partial charge in [-0.3, -0.25) is 4.79 Å². The summed E-state index contributed by atoms with van der Waals surface area (Å²) in [6.45, 7) is 12.5. The van der Waals surface area contributed by atoms with Crippen LogP contribution in [0.5, 0.6) is 0 Å². The molecule has 5 nitrogen and oxygen atoms in total. The maximum Gasteiger partial charge on any atom is 0.317 e. The maximum absolute atomic E-state index is 13.0. The largest absolute Gasteiger partial charge is 0.337 e. The summed E-state index contributed by atoms with van der Waals surface area (Å²) in [6.07, 6.45) is 0.807. The molecule has 1 aromatic rings. The molecule has 0 spiro atoms. The fourth-order valence-electron chi connectivity index (χ4n) is 3.34. The van der Waals surface area contributed by atoms with Crippen LogP contribution in [0.25, 0.3) is 0 Å². The zero-order valence-corrected chi connectivity index (χ0v) is 15.5. The van der Waals surface area contributed by atoms with Crippen LogP contribution in [0, 0.1) is 20.8 Å². The number of nitrogens with one attached hydrogen (secondary N) is 1. The van der Waals surface area contributed by atoms with Crippen molar-refractivity contribution in [3.8, 4) is 0 Å². The van der Waals surface area contributed by atoms with Crippen molar-refractivity contribution < 1.29 is 9.59 Å². The number of hydrogen-bond acceptors (Lipinski definition) is 2. The van der Waals surface area contributed by atoms with Gasteiger partial charge in [0.15, 0.2) is 0 Å². The number of carbonyl (C=O) groups excluding carboxylic acids is 2. The van der Waals surface area contributed by atoms with Gasteiger partial charge in [-0.25, -0.2) is 4.79 Å². The van der Waals surface area contributed by atoms with E-state index in [4.69, 9.17) is 0 Å². The van der Waals surface area contributed by atoms with Crippen molar-refractivity contribution in [1.82, 2.24) is 15.1 Å². The van der Waals surface area contributed by atoms with E-state index in [1.165, 1.54) is 5.56 Å². The van der Waals surface area contributed by atoms with Crippen LogP contribution in [0.2, 0.25) is 0 Å². The van der Waals surface area contributed by atoms with Crippen LogP contribution < -0.4 is 5.32 Å². The third-order valence-corrected chi connectivity index (χ3v) is 4.37.